The van der Waals surface area contributed by atoms with Crippen LogP contribution in [0.3, 0.4) is 0 Å². The average molecular weight is 755 g/mol. The SMILES string of the molecule is CC(NCC(=O)N(CCCCl)CCSC(c1ccccc1)(c1ccccc1)c1ccccc1)SC(c1ccccc1)(c1ccccc1)c1ccccc1. The fraction of sp³-hybridized carbons (Fsp3) is 0.213. The Bertz CT molecular complexity index is 1760. The number of benzene rings is 6. The quantitative estimate of drug-likeness (QED) is 0.0538. The molecule has 0 aliphatic heterocycles. The molecule has 53 heavy (non-hydrogen) atoms. The van der Waals surface area contributed by atoms with E-state index < -0.39 is 9.49 Å². The Morgan fingerprint density at radius 3 is 1.25 bits per heavy atom. The lowest BCUT2D eigenvalue weighted by atomic mass is 9.84. The number of alkyl halides is 1. The Balaban J connectivity index is 1.22. The summed E-state index contributed by atoms with van der Waals surface area (Å²) in [6.07, 6.45) is 0.739. The molecule has 0 saturated heterocycles. The molecule has 1 N–H and O–H groups in total. The lowest BCUT2D eigenvalue weighted by molar-refractivity contribution is -0.130. The van der Waals surface area contributed by atoms with Crippen LogP contribution in [0.2, 0.25) is 0 Å². The predicted octanol–water partition coefficient (Wildman–Crippen LogP) is 10.8. The molecule has 0 radical (unpaired) electrons. The molecule has 6 aromatic rings. The summed E-state index contributed by atoms with van der Waals surface area (Å²) in [7, 11) is 0. The van der Waals surface area contributed by atoms with Gasteiger partial charge in [-0.05, 0) is 46.7 Å². The Labute approximate surface area is 329 Å². The lowest BCUT2D eigenvalue weighted by Gasteiger charge is -2.38. The average Bonchev–Trinajstić information content (AvgIpc) is 3.23. The second kappa shape index (κ2) is 19.2. The Morgan fingerprint density at radius 2 is 0.906 bits per heavy atom. The van der Waals surface area contributed by atoms with E-state index in [1.165, 1.54) is 33.4 Å². The predicted molar refractivity (Wildman–Crippen MR) is 228 cm³/mol. The molecule has 0 bridgehead atoms. The summed E-state index contributed by atoms with van der Waals surface area (Å²) >= 11 is 9.92. The summed E-state index contributed by atoms with van der Waals surface area (Å²) in [6.45, 7) is 3.62. The molecule has 6 aromatic carbocycles. The summed E-state index contributed by atoms with van der Waals surface area (Å²) in [6, 6.07) is 64.2. The highest BCUT2D eigenvalue weighted by atomic mass is 35.5. The minimum Gasteiger partial charge on any atom is -0.341 e. The molecule has 6 heteroatoms. The van der Waals surface area contributed by atoms with Gasteiger partial charge in [-0.3, -0.25) is 10.1 Å². The van der Waals surface area contributed by atoms with E-state index in [0.29, 0.717) is 19.0 Å². The van der Waals surface area contributed by atoms with Gasteiger partial charge in [-0.2, -0.15) is 0 Å². The van der Waals surface area contributed by atoms with Crippen molar-refractivity contribution >= 4 is 41.0 Å². The van der Waals surface area contributed by atoms with E-state index in [1.54, 1.807) is 0 Å². The van der Waals surface area contributed by atoms with Crippen molar-refractivity contribution in [3.63, 3.8) is 0 Å². The van der Waals surface area contributed by atoms with E-state index in [0.717, 1.165) is 12.2 Å². The number of carbonyl (C=O) groups excluding carboxylic acids is 1. The molecule has 6 rings (SSSR count). The van der Waals surface area contributed by atoms with Crippen molar-refractivity contribution in [3.05, 3.63) is 215 Å². The molecule has 0 fully saturated rings. The minimum absolute atomic E-state index is 0.0503. The van der Waals surface area contributed by atoms with Gasteiger partial charge in [0.2, 0.25) is 5.91 Å². The van der Waals surface area contributed by atoms with E-state index in [-0.39, 0.29) is 17.8 Å². The van der Waals surface area contributed by atoms with Gasteiger partial charge in [-0.15, -0.1) is 35.1 Å². The highest BCUT2D eigenvalue weighted by molar-refractivity contribution is 8.01. The first-order valence-corrected chi connectivity index (χ1v) is 20.7. The van der Waals surface area contributed by atoms with Gasteiger partial charge in [-0.1, -0.05) is 182 Å². The van der Waals surface area contributed by atoms with Crippen LogP contribution in [0.1, 0.15) is 46.7 Å². The molecule has 0 saturated carbocycles. The summed E-state index contributed by atoms with van der Waals surface area (Å²) in [5, 5.41) is 3.57. The number of rotatable bonds is 18. The van der Waals surface area contributed by atoms with E-state index in [4.69, 9.17) is 11.6 Å². The summed E-state index contributed by atoms with van der Waals surface area (Å²) < 4.78 is -0.923. The Kier molecular flexibility index (Phi) is 13.9. The first kappa shape index (κ1) is 38.5. The van der Waals surface area contributed by atoms with Crippen molar-refractivity contribution in [2.45, 2.75) is 28.2 Å². The fourth-order valence-electron chi connectivity index (χ4n) is 7.06. The molecule has 3 nitrogen and oxygen atoms in total. The maximum absolute atomic E-state index is 14.1. The summed E-state index contributed by atoms with van der Waals surface area (Å²) in [4.78, 5) is 16.1. The third-order valence-electron chi connectivity index (χ3n) is 9.57. The van der Waals surface area contributed by atoms with E-state index in [9.17, 15) is 4.79 Å². The van der Waals surface area contributed by atoms with Crippen LogP contribution in [-0.2, 0) is 14.3 Å². The van der Waals surface area contributed by atoms with Crippen LogP contribution in [0.5, 0.6) is 0 Å². The smallest absolute Gasteiger partial charge is 0.236 e. The molecule has 0 spiro atoms. The van der Waals surface area contributed by atoms with Crippen LogP contribution in [-0.4, -0.2) is 47.4 Å². The van der Waals surface area contributed by atoms with Crippen molar-refractivity contribution in [2.24, 2.45) is 0 Å². The largest absolute Gasteiger partial charge is 0.341 e. The normalized spacial score (nSPS) is 12.3. The van der Waals surface area contributed by atoms with Gasteiger partial charge in [0.25, 0.3) is 0 Å². The van der Waals surface area contributed by atoms with Gasteiger partial charge in [0.05, 0.1) is 21.4 Å². The minimum atomic E-state index is -0.482. The zero-order valence-corrected chi connectivity index (χ0v) is 32.6. The highest BCUT2D eigenvalue weighted by Crippen LogP contribution is 2.50. The Morgan fingerprint density at radius 1 is 0.566 bits per heavy atom. The van der Waals surface area contributed by atoms with Gasteiger partial charge in [0.15, 0.2) is 0 Å². The van der Waals surface area contributed by atoms with Gasteiger partial charge in [0, 0.05) is 24.7 Å². The van der Waals surface area contributed by atoms with Crippen molar-refractivity contribution < 1.29 is 4.79 Å². The van der Waals surface area contributed by atoms with Crippen LogP contribution in [0.15, 0.2) is 182 Å². The third-order valence-corrected chi connectivity index (χ3v) is 12.9. The molecule has 270 valence electrons. The van der Waals surface area contributed by atoms with Crippen molar-refractivity contribution in [3.8, 4) is 0 Å². The second-order valence-electron chi connectivity index (χ2n) is 13.0. The zero-order valence-electron chi connectivity index (χ0n) is 30.2. The molecule has 0 aliphatic carbocycles. The molecule has 0 aliphatic rings. The maximum Gasteiger partial charge on any atom is 0.236 e. The van der Waals surface area contributed by atoms with Crippen LogP contribution < -0.4 is 5.32 Å². The van der Waals surface area contributed by atoms with Gasteiger partial charge in [-0.25, -0.2) is 0 Å². The zero-order chi connectivity index (χ0) is 36.8. The number of halogens is 1. The summed E-state index contributed by atoms with van der Waals surface area (Å²) in [5.41, 5.74) is 7.23. The highest BCUT2D eigenvalue weighted by Gasteiger charge is 2.39. The van der Waals surface area contributed by atoms with Crippen molar-refractivity contribution in [2.75, 3.05) is 31.3 Å². The first-order chi connectivity index (χ1) is 26.1. The van der Waals surface area contributed by atoms with Gasteiger partial charge in [0.1, 0.15) is 0 Å². The van der Waals surface area contributed by atoms with Crippen molar-refractivity contribution in [1.29, 1.82) is 0 Å². The molecule has 1 atom stereocenters. The lowest BCUT2D eigenvalue weighted by Crippen LogP contribution is -2.43. The van der Waals surface area contributed by atoms with E-state index in [1.807, 2.05) is 28.4 Å². The molecular formula is C47H47ClN2OS2. The molecule has 0 aromatic heterocycles. The van der Waals surface area contributed by atoms with Crippen LogP contribution in [0, 0.1) is 0 Å². The second-order valence-corrected chi connectivity index (χ2v) is 16.2. The topological polar surface area (TPSA) is 32.3 Å². The number of hydrogen-bond acceptors (Lipinski definition) is 4. The Hall–Kier alpha value is -4.26. The number of nitrogens with one attached hydrogen (secondary N) is 1. The van der Waals surface area contributed by atoms with Gasteiger partial charge < -0.3 is 4.90 Å². The van der Waals surface area contributed by atoms with E-state index in [2.05, 4.69) is 194 Å². The van der Waals surface area contributed by atoms with Crippen molar-refractivity contribution in [1.82, 2.24) is 10.2 Å². The van der Waals surface area contributed by atoms with Crippen LogP contribution in [0.4, 0.5) is 0 Å². The number of hydrogen-bond donors (Lipinski definition) is 1. The number of amides is 1. The molecular weight excluding hydrogens is 708 g/mol. The number of nitrogens with zero attached hydrogens (tertiary/aromatic N) is 1. The summed E-state index contributed by atoms with van der Waals surface area (Å²) in [5.74, 6) is 1.33. The molecule has 1 amide bonds. The number of thioether (sulfide) groups is 2. The van der Waals surface area contributed by atoms with Gasteiger partial charge >= 0.3 is 0 Å². The molecule has 0 heterocycles. The fourth-order valence-corrected chi connectivity index (χ4v) is 10.2. The van der Waals surface area contributed by atoms with Crippen LogP contribution >= 0.6 is 35.1 Å². The third kappa shape index (κ3) is 9.10. The number of carbonyl (C=O) groups is 1. The monoisotopic (exact) mass is 754 g/mol. The van der Waals surface area contributed by atoms with Crippen LogP contribution in [0.25, 0.3) is 0 Å². The first-order valence-electron chi connectivity index (χ1n) is 18.3. The maximum atomic E-state index is 14.1. The molecule has 1 unspecified atom stereocenters. The van der Waals surface area contributed by atoms with E-state index >= 15 is 0 Å². The standard InChI is InChI=1S/C47H47ClN2OS2/c1-38(53-47(42-27-14-5-15-28-42,43-29-16-6-17-30-43)44-31-18-7-19-32-44)49-37-45(51)50(34-20-33-48)35-36-52-46(39-21-8-2-9-22-39,40-23-10-3-11-24-40)41-25-12-4-13-26-41/h2-19,21-32,38,49H,20,33-37H2,1H3.